The van der Waals surface area contributed by atoms with Gasteiger partial charge in [-0.05, 0) is 30.5 Å². The molecule has 0 atom stereocenters. The lowest BCUT2D eigenvalue weighted by atomic mass is 9.97. The molecule has 0 unspecified atom stereocenters. The van der Waals surface area contributed by atoms with E-state index in [1.165, 1.54) is 7.11 Å². The van der Waals surface area contributed by atoms with E-state index in [1.807, 2.05) is 30.3 Å². The number of carbonyl (C=O) groups excluding carboxylic acids is 1. The Hall–Kier alpha value is -2.79. The van der Waals surface area contributed by atoms with Gasteiger partial charge in [0.25, 0.3) is 5.91 Å². The zero-order valence-electron chi connectivity index (χ0n) is 12.3. The Balaban J connectivity index is 1.87. The lowest BCUT2D eigenvalue weighted by molar-refractivity contribution is -0.115. The molecule has 0 bridgehead atoms. The Morgan fingerprint density at radius 2 is 1.91 bits per heavy atom. The summed E-state index contributed by atoms with van der Waals surface area (Å²) in [6.07, 6.45) is 2.31. The minimum absolute atomic E-state index is 0.0634. The summed E-state index contributed by atoms with van der Waals surface area (Å²) in [4.78, 5) is 14.0. The highest BCUT2D eigenvalue weighted by Gasteiger charge is 2.44. The van der Waals surface area contributed by atoms with Crippen molar-refractivity contribution in [1.29, 1.82) is 10.5 Å². The van der Waals surface area contributed by atoms with Crippen molar-refractivity contribution in [1.82, 2.24) is 0 Å². The van der Waals surface area contributed by atoms with Crippen LogP contribution in [0.25, 0.3) is 0 Å². The molecule has 0 N–H and O–H groups in total. The highest BCUT2D eigenvalue weighted by atomic mass is 16.5. The van der Waals surface area contributed by atoms with Crippen molar-refractivity contribution >= 4 is 11.6 Å². The zero-order valence-corrected chi connectivity index (χ0v) is 12.3. The highest BCUT2D eigenvalue weighted by molar-refractivity contribution is 6.09. The van der Waals surface area contributed by atoms with E-state index in [0.29, 0.717) is 18.7 Å². The van der Waals surface area contributed by atoms with Crippen molar-refractivity contribution in [3.05, 3.63) is 41.2 Å². The Kier molecular flexibility index (Phi) is 3.35. The molecule has 5 heteroatoms. The number of ether oxygens (including phenoxy) is 1. The molecule has 2 aliphatic rings. The van der Waals surface area contributed by atoms with Crippen molar-refractivity contribution in [3.63, 3.8) is 0 Å². The topological polar surface area (TPSA) is 77.1 Å². The van der Waals surface area contributed by atoms with Gasteiger partial charge in [0, 0.05) is 18.7 Å². The van der Waals surface area contributed by atoms with Gasteiger partial charge < -0.3 is 9.64 Å². The molecule has 1 amide bonds. The van der Waals surface area contributed by atoms with E-state index in [-0.39, 0.29) is 16.9 Å². The summed E-state index contributed by atoms with van der Waals surface area (Å²) in [6.45, 7) is 0.482. The first-order valence-electron chi connectivity index (χ1n) is 7.16. The summed E-state index contributed by atoms with van der Waals surface area (Å²) in [5, 5.41) is 18.4. The van der Waals surface area contributed by atoms with Crippen LogP contribution in [-0.4, -0.2) is 19.6 Å². The smallest absolute Gasteiger partial charge is 0.272 e. The number of carbonyl (C=O) groups is 1. The average Bonchev–Trinajstić information content (AvgIpc) is 3.36. The van der Waals surface area contributed by atoms with Crippen LogP contribution in [0.3, 0.4) is 0 Å². The second-order valence-corrected chi connectivity index (χ2v) is 5.56. The number of anilines is 1. The minimum Gasteiger partial charge on any atom is -0.499 e. The van der Waals surface area contributed by atoms with Crippen molar-refractivity contribution in [3.8, 4) is 12.1 Å². The second-order valence-electron chi connectivity index (χ2n) is 5.56. The van der Waals surface area contributed by atoms with Crippen LogP contribution in [-0.2, 0) is 14.9 Å². The molecule has 1 fully saturated rings. The summed E-state index contributed by atoms with van der Waals surface area (Å²) in [5.41, 5.74) is 1.47. The predicted octanol–water partition coefficient (Wildman–Crippen LogP) is 2.40. The molecule has 1 aromatic rings. The molecule has 1 saturated carbocycles. The van der Waals surface area contributed by atoms with Crippen molar-refractivity contribution < 1.29 is 9.53 Å². The molecular formula is C17H15N3O2. The third-order valence-corrected chi connectivity index (χ3v) is 4.35. The van der Waals surface area contributed by atoms with Gasteiger partial charge in [0.15, 0.2) is 5.57 Å². The number of hydrogen-bond donors (Lipinski definition) is 0. The van der Waals surface area contributed by atoms with Gasteiger partial charge in [0.1, 0.15) is 11.8 Å². The monoisotopic (exact) mass is 293 g/mol. The number of amides is 1. The summed E-state index contributed by atoms with van der Waals surface area (Å²) in [7, 11) is 1.47. The number of nitriles is 2. The Morgan fingerprint density at radius 3 is 2.41 bits per heavy atom. The molecule has 0 radical (unpaired) electrons. The first-order chi connectivity index (χ1) is 10.6. The molecule has 1 aliphatic carbocycles. The van der Waals surface area contributed by atoms with Crippen LogP contribution >= 0.6 is 0 Å². The van der Waals surface area contributed by atoms with Crippen LogP contribution in [0.5, 0.6) is 0 Å². The SMILES string of the molecule is COC1=C(C#N)C(=O)N(c2ccc(C3(C#N)CC3)cc2)CC1. The van der Waals surface area contributed by atoms with Crippen LogP contribution < -0.4 is 4.90 Å². The Labute approximate surface area is 129 Å². The van der Waals surface area contributed by atoms with Crippen LogP contribution in [0.15, 0.2) is 35.6 Å². The van der Waals surface area contributed by atoms with Crippen LogP contribution in [0.4, 0.5) is 5.69 Å². The van der Waals surface area contributed by atoms with E-state index in [4.69, 9.17) is 10.00 Å². The van der Waals surface area contributed by atoms with Crippen molar-refractivity contribution in [2.75, 3.05) is 18.6 Å². The maximum atomic E-state index is 12.4. The maximum absolute atomic E-state index is 12.4. The first-order valence-corrected chi connectivity index (χ1v) is 7.16. The first kappa shape index (κ1) is 14.2. The van der Waals surface area contributed by atoms with Crippen molar-refractivity contribution in [2.24, 2.45) is 0 Å². The van der Waals surface area contributed by atoms with Gasteiger partial charge in [-0.3, -0.25) is 4.79 Å². The molecule has 1 aliphatic heterocycles. The summed E-state index contributed by atoms with van der Waals surface area (Å²) >= 11 is 0. The molecular weight excluding hydrogens is 278 g/mol. The van der Waals surface area contributed by atoms with Crippen LogP contribution in [0.2, 0.25) is 0 Å². The summed E-state index contributed by atoms with van der Waals surface area (Å²) < 4.78 is 5.11. The average molecular weight is 293 g/mol. The van der Waals surface area contributed by atoms with E-state index in [9.17, 15) is 10.1 Å². The lowest BCUT2D eigenvalue weighted by Crippen LogP contribution is -2.37. The van der Waals surface area contributed by atoms with Crippen LogP contribution in [0, 0.1) is 22.7 Å². The van der Waals surface area contributed by atoms with Gasteiger partial charge in [0.2, 0.25) is 0 Å². The second kappa shape index (κ2) is 5.20. The fraction of sp³-hybridized carbons (Fsp3) is 0.353. The Bertz CT molecular complexity index is 731. The largest absolute Gasteiger partial charge is 0.499 e. The normalized spacial score (nSPS) is 19.4. The number of benzene rings is 1. The van der Waals surface area contributed by atoms with Crippen molar-refractivity contribution in [2.45, 2.75) is 24.7 Å². The molecule has 3 rings (SSSR count). The number of rotatable bonds is 3. The van der Waals surface area contributed by atoms with E-state index in [2.05, 4.69) is 6.07 Å². The van der Waals surface area contributed by atoms with E-state index >= 15 is 0 Å². The van der Waals surface area contributed by atoms with Gasteiger partial charge in [0.05, 0.1) is 18.6 Å². The molecule has 5 nitrogen and oxygen atoms in total. The zero-order chi connectivity index (χ0) is 15.7. The van der Waals surface area contributed by atoms with E-state index in [1.54, 1.807) is 4.90 Å². The fourth-order valence-corrected chi connectivity index (χ4v) is 2.81. The van der Waals surface area contributed by atoms with Gasteiger partial charge in [-0.2, -0.15) is 10.5 Å². The highest BCUT2D eigenvalue weighted by Crippen LogP contribution is 2.47. The molecule has 1 aromatic carbocycles. The fourth-order valence-electron chi connectivity index (χ4n) is 2.81. The van der Waals surface area contributed by atoms with Gasteiger partial charge in [-0.25, -0.2) is 0 Å². The van der Waals surface area contributed by atoms with Gasteiger partial charge >= 0.3 is 0 Å². The van der Waals surface area contributed by atoms with Gasteiger partial charge in [-0.15, -0.1) is 0 Å². The molecule has 0 aromatic heterocycles. The van der Waals surface area contributed by atoms with E-state index < -0.39 is 0 Å². The third-order valence-electron chi connectivity index (χ3n) is 4.35. The van der Waals surface area contributed by atoms with E-state index in [0.717, 1.165) is 24.1 Å². The minimum atomic E-state index is -0.334. The number of nitrogens with zero attached hydrogens (tertiary/aromatic N) is 3. The molecule has 1 heterocycles. The summed E-state index contributed by atoms with van der Waals surface area (Å²) in [6, 6.07) is 11.8. The summed E-state index contributed by atoms with van der Waals surface area (Å²) in [5.74, 6) is 0.113. The molecule has 22 heavy (non-hydrogen) atoms. The molecule has 110 valence electrons. The number of methoxy groups -OCH3 is 1. The molecule has 0 spiro atoms. The predicted molar refractivity (Wildman–Crippen MR) is 79.6 cm³/mol. The molecule has 0 saturated heterocycles. The third kappa shape index (κ3) is 2.12. The maximum Gasteiger partial charge on any atom is 0.272 e. The number of hydrogen-bond acceptors (Lipinski definition) is 4. The lowest BCUT2D eigenvalue weighted by Gasteiger charge is -2.27. The van der Waals surface area contributed by atoms with Gasteiger partial charge in [-0.1, -0.05) is 12.1 Å². The standard InChI is InChI=1S/C17H15N3O2/c1-22-15-6-9-20(16(21)14(15)10-18)13-4-2-12(3-5-13)17(11-19)7-8-17/h2-5H,6-9H2,1H3. The quantitative estimate of drug-likeness (QED) is 0.857. The Morgan fingerprint density at radius 1 is 1.23 bits per heavy atom. The van der Waals surface area contributed by atoms with Crippen LogP contribution in [0.1, 0.15) is 24.8 Å².